The average Bonchev–Trinajstić information content (AvgIpc) is 2.84. The maximum Gasteiger partial charge on any atom is 0.241 e. The van der Waals surface area contributed by atoms with Crippen molar-refractivity contribution in [2.45, 2.75) is 18.9 Å². The van der Waals surface area contributed by atoms with E-state index in [-0.39, 0.29) is 24.1 Å². The Morgan fingerprint density at radius 3 is 2.83 bits per heavy atom. The Morgan fingerprint density at radius 1 is 1.48 bits per heavy atom. The number of hydrogen-bond donors (Lipinski definition) is 2. The topological polar surface area (TPSA) is 92.5 Å². The minimum absolute atomic E-state index is 0. The van der Waals surface area contributed by atoms with Crippen molar-refractivity contribution >= 4 is 51.5 Å². The number of sulfonamides is 1. The summed E-state index contributed by atoms with van der Waals surface area (Å²) in [5, 5.41) is 2.75. The molecule has 1 fully saturated rings. The van der Waals surface area contributed by atoms with Crippen LogP contribution in [-0.2, 0) is 14.8 Å². The monoisotopic (exact) mass is 379 g/mol. The van der Waals surface area contributed by atoms with Crippen molar-refractivity contribution in [2.75, 3.05) is 33.9 Å². The van der Waals surface area contributed by atoms with Crippen LogP contribution in [0.3, 0.4) is 0 Å². The van der Waals surface area contributed by atoms with Crippen molar-refractivity contribution in [3.63, 3.8) is 0 Å². The number of anilines is 2. The maximum absolute atomic E-state index is 12.0. The molecule has 0 unspecified atom stereocenters. The smallest absolute Gasteiger partial charge is 0.241 e. The van der Waals surface area contributed by atoms with Crippen LogP contribution in [-0.4, -0.2) is 44.7 Å². The minimum atomic E-state index is -3.22. The molecule has 1 saturated heterocycles. The fraction of sp³-hybridized carbons (Fsp3) is 0.500. The molecule has 1 aromatic carbocycles. The van der Waals surface area contributed by atoms with Gasteiger partial charge >= 0.3 is 0 Å². The van der Waals surface area contributed by atoms with Crippen molar-refractivity contribution < 1.29 is 13.2 Å². The van der Waals surface area contributed by atoms with Crippen LogP contribution in [0.4, 0.5) is 11.4 Å². The van der Waals surface area contributed by atoms with Crippen molar-refractivity contribution in [2.24, 2.45) is 5.73 Å². The molecule has 6 nitrogen and oxygen atoms in total. The van der Waals surface area contributed by atoms with Gasteiger partial charge in [0.2, 0.25) is 15.9 Å². The number of rotatable bonds is 6. The number of carbonyl (C=O) groups is 1. The van der Waals surface area contributed by atoms with E-state index in [0.29, 0.717) is 30.8 Å². The van der Waals surface area contributed by atoms with Crippen LogP contribution in [0.2, 0.25) is 0 Å². The highest BCUT2D eigenvalue weighted by molar-refractivity contribution is 7.98. The lowest BCUT2D eigenvalue weighted by atomic mass is 10.2. The van der Waals surface area contributed by atoms with Crippen LogP contribution >= 0.6 is 24.2 Å². The second-order valence-corrected chi connectivity index (χ2v) is 8.17. The third-order valence-corrected chi connectivity index (χ3v) is 5.98. The van der Waals surface area contributed by atoms with Gasteiger partial charge in [-0.1, -0.05) is 6.07 Å². The van der Waals surface area contributed by atoms with Gasteiger partial charge in [-0.3, -0.25) is 9.10 Å². The Labute approximate surface area is 147 Å². The number of hydrogen-bond acceptors (Lipinski definition) is 5. The molecule has 9 heteroatoms. The van der Waals surface area contributed by atoms with Crippen molar-refractivity contribution in [1.29, 1.82) is 0 Å². The SMILES string of the molecule is CSCC[C@H](N)C(=O)Nc1cccc(N2CCCS2(=O)=O)c1.Cl. The van der Waals surface area contributed by atoms with Gasteiger partial charge in [-0.2, -0.15) is 11.8 Å². The first kappa shape index (κ1) is 20.1. The first-order valence-electron chi connectivity index (χ1n) is 7.10. The van der Waals surface area contributed by atoms with E-state index < -0.39 is 16.1 Å². The molecule has 0 saturated carbocycles. The first-order chi connectivity index (χ1) is 10.4. The Bertz CT molecular complexity index is 640. The normalized spacial score (nSPS) is 17.4. The Morgan fingerprint density at radius 2 is 2.22 bits per heavy atom. The van der Waals surface area contributed by atoms with Crippen LogP contribution in [0.25, 0.3) is 0 Å². The molecule has 1 amide bonds. The molecule has 0 bridgehead atoms. The van der Waals surface area contributed by atoms with Crippen LogP contribution < -0.4 is 15.4 Å². The highest BCUT2D eigenvalue weighted by Crippen LogP contribution is 2.26. The number of nitrogens with one attached hydrogen (secondary N) is 1. The number of thioether (sulfide) groups is 1. The van der Waals surface area contributed by atoms with E-state index >= 15 is 0 Å². The number of nitrogens with zero attached hydrogens (tertiary/aromatic N) is 1. The van der Waals surface area contributed by atoms with Gasteiger partial charge in [0.15, 0.2) is 0 Å². The Kier molecular flexibility index (Phi) is 7.66. The highest BCUT2D eigenvalue weighted by atomic mass is 35.5. The molecule has 0 aromatic heterocycles. The molecule has 2 rings (SSSR count). The molecule has 1 aliphatic rings. The molecule has 1 heterocycles. The van der Waals surface area contributed by atoms with Gasteiger partial charge < -0.3 is 11.1 Å². The predicted molar refractivity (Wildman–Crippen MR) is 99.0 cm³/mol. The number of benzene rings is 1. The zero-order chi connectivity index (χ0) is 16.2. The van der Waals surface area contributed by atoms with Gasteiger partial charge in [0.25, 0.3) is 0 Å². The van der Waals surface area contributed by atoms with E-state index in [1.54, 1.807) is 36.0 Å². The Balaban J connectivity index is 0.00000264. The summed E-state index contributed by atoms with van der Waals surface area (Å²) < 4.78 is 25.3. The van der Waals surface area contributed by atoms with Gasteiger partial charge in [0.1, 0.15) is 0 Å². The predicted octanol–water partition coefficient (Wildman–Crippen LogP) is 1.67. The summed E-state index contributed by atoms with van der Waals surface area (Å²) in [5.41, 5.74) is 6.96. The zero-order valence-corrected chi connectivity index (χ0v) is 15.3. The summed E-state index contributed by atoms with van der Waals surface area (Å²) in [5.74, 6) is 0.736. The molecule has 1 aliphatic heterocycles. The summed E-state index contributed by atoms with van der Waals surface area (Å²) in [6.07, 6.45) is 3.19. The van der Waals surface area contributed by atoms with E-state index in [1.165, 1.54) is 4.31 Å². The summed E-state index contributed by atoms with van der Waals surface area (Å²) in [4.78, 5) is 12.0. The molecule has 3 N–H and O–H groups in total. The zero-order valence-electron chi connectivity index (χ0n) is 12.9. The fourth-order valence-electron chi connectivity index (χ4n) is 2.28. The largest absolute Gasteiger partial charge is 0.325 e. The standard InChI is InChI=1S/C14H21N3O3S2.ClH/c1-21-8-6-13(15)14(18)16-11-4-2-5-12(10-11)17-7-3-9-22(17,19)20;/h2,4-5,10,13H,3,6-9,15H2,1H3,(H,16,18);1H/t13-;/m0./s1. The summed E-state index contributed by atoms with van der Waals surface area (Å²) in [6, 6.07) is 6.29. The van der Waals surface area contributed by atoms with Crippen LogP contribution in [0.15, 0.2) is 24.3 Å². The second kappa shape index (κ2) is 8.77. The molecule has 23 heavy (non-hydrogen) atoms. The number of carbonyl (C=O) groups excluding carboxylic acids is 1. The van der Waals surface area contributed by atoms with E-state index in [9.17, 15) is 13.2 Å². The van der Waals surface area contributed by atoms with Crippen molar-refractivity contribution in [3.05, 3.63) is 24.3 Å². The molecule has 0 aliphatic carbocycles. The van der Waals surface area contributed by atoms with Gasteiger partial charge in [0, 0.05) is 12.2 Å². The van der Waals surface area contributed by atoms with E-state index in [2.05, 4.69) is 5.32 Å². The van der Waals surface area contributed by atoms with Crippen molar-refractivity contribution in [3.8, 4) is 0 Å². The van der Waals surface area contributed by atoms with Gasteiger partial charge in [0.05, 0.1) is 17.5 Å². The molecule has 1 aromatic rings. The highest BCUT2D eigenvalue weighted by Gasteiger charge is 2.28. The summed E-state index contributed by atoms with van der Waals surface area (Å²) in [7, 11) is -3.22. The molecule has 130 valence electrons. The molecular weight excluding hydrogens is 358 g/mol. The van der Waals surface area contributed by atoms with E-state index in [4.69, 9.17) is 5.73 Å². The molecular formula is C14H22ClN3O3S2. The lowest BCUT2D eigenvalue weighted by molar-refractivity contribution is -0.117. The van der Waals surface area contributed by atoms with Crippen LogP contribution in [0.1, 0.15) is 12.8 Å². The van der Waals surface area contributed by atoms with E-state index in [1.807, 2.05) is 6.26 Å². The fourth-order valence-corrected chi connectivity index (χ4v) is 4.33. The third kappa shape index (κ3) is 5.27. The van der Waals surface area contributed by atoms with Crippen LogP contribution in [0.5, 0.6) is 0 Å². The van der Waals surface area contributed by atoms with Crippen LogP contribution in [0, 0.1) is 0 Å². The molecule has 0 radical (unpaired) electrons. The van der Waals surface area contributed by atoms with Gasteiger partial charge in [-0.15, -0.1) is 12.4 Å². The lowest BCUT2D eigenvalue weighted by Gasteiger charge is -2.18. The molecule has 1 atom stereocenters. The quantitative estimate of drug-likeness (QED) is 0.784. The number of amides is 1. The van der Waals surface area contributed by atoms with Gasteiger partial charge in [-0.05, 0) is 43.0 Å². The molecule has 0 spiro atoms. The van der Waals surface area contributed by atoms with Crippen molar-refractivity contribution in [1.82, 2.24) is 0 Å². The van der Waals surface area contributed by atoms with Gasteiger partial charge in [-0.25, -0.2) is 8.42 Å². The number of nitrogens with two attached hydrogens (primary N) is 1. The lowest BCUT2D eigenvalue weighted by Crippen LogP contribution is -2.36. The first-order valence-corrected chi connectivity index (χ1v) is 10.1. The van der Waals surface area contributed by atoms with E-state index in [0.717, 1.165) is 5.75 Å². The average molecular weight is 380 g/mol. The summed E-state index contributed by atoms with van der Waals surface area (Å²) in [6.45, 7) is 0.479. The minimum Gasteiger partial charge on any atom is -0.325 e. The number of halogens is 1. The maximum atomic E-state index is 12.0. The third-order valence-electron chi connectivity index (χ3n) is 3.47. The Hall–Kier alpha value is -0.960. The summed E-state index contributed by atoms with van der Waals surface area (Å²) >= 11 is 1.64. The second-order valence-electron chi connectivity index (χ2n) is 5.17.